The number of carbonyl (C=O) groups is 1. The molecule has 104 valence electrons. The maximum Gasteiger partial charge on any atom is 0.322 e. The maximum atomic E-state index is 13.0. The highest BCUT2D eigenvalue weighted by molar-refractivity contribution is 7.88. The summed E-state index contributed by atoms with van der Waals surface area (Å²) in [5.41, 5.74) is 0.316. The molecule has 0 bridgehead atoms. The van der Waals surface area contributed by atoms with Gasteiger partial charge in [0, 0.05) is 6.54 Å². The molecule has 1 saturated heterocycles. The standard InChI is InChI=1S/C12H14FNO4S/c13-10-4-1-3-9(7-10)8-19(17,18)14-6-2-5-11(14)12(15)16/h1,3-4,7,11H,2,5-6,8H2,(H,15,16)/t11-/m0/s1. The lowest BCUT2D eigenvalue weighted by Crippen LogP contribution is -2.40. The van der Waals surface area contributed by atoms with Crippen molar-refractivity contribution in [3.8, 4) is 0 Å². The minimum atomic E-state index is -3.74. The highest BCUT2D eigenvalue weighted by atomic mass is 32.2. The molecule has 0 saturated carbocycles. The van der Waals surface area contributed by atoms with Crippen LogP contribution >= 0.6 is 0 Å². The van der Waals surface area contributed by atoms with Gasteiger partial charge in [-0.15, -0.1) is 0 Å². The van der Waals surface area contributed by atoms with Crippen LogP contribution < -0.4 is 0 Å². The van der Waals surface area contributed by atoms with Gasteiger partial charge in [-0.05, 0) is 30.5 Å². The minimum Gasteiger partial charge on any atom is -0.480 e. The van der Waals surface area contributed by atoms with Crippen LogP contribution in [0, 0.1) is 5.82 Å². The molecule has 2 rings (SSSR count). The summed E-state index contributed by atoms with van der Waals surface area (Å²) in [6.45, 7) is 0.203. The Morgan fingerprint density at radius 3 is 2.84 bits per heavy atom. The fourth-order valence-corrected chi connectivity index (χ4v) is 4.00. The Morgan fingerprint density at radius 2 is 2.21 bits per heavy atom. The Labute approximate surface area is 110 Å². The molecule has 1 fully saturated rings. The highest BCUT2D eigenvalue weighted by Crippen LogP contribution is 2.23. The summed E-state index contributed by atoms with van der Waals surface area (Å²) >= 11 is 0. The molecule has 0 amide bonds. The number of carboxylic acid groups (broad SMARTS) is 1. The fourth-order valence-electron chi connectivity index (χ4n) is 2.24. The zero-order valence-electron chi connectivity index (χ0n) is 10.1. The van der Waals surface area contributed by atoms with Crippen molar-refractivity contribution < 1.29 is 22.7 Å². The van der Waals surface area contributed by atoms with Crippen molar-refractivity contribution in [3.63, 3.8) is 0 Å². The average molecular weight is 287 g/mol. The van der Waals surface area contributed by atoms with Crippen molar-refractivity contribution in [1.29, 1.82) is 0 Å². The summed E-state index contributed by atoms with van der Waals surface area (Å²) in [7, 11) is -3.74. The van der Waals surface area contributed by atoms with Gasteiger partial charge in [-0.2, -0.15) is 4.31 Å². The Balaban J connectivity index is 2.21. The van der Waals surface area contributed by atoms with Crippen molar-refractivity contribution in [2.75, 3.05) is 6.54 Å². The van der Waals surface area contributed by atoms with Gasteiger partial charge < -0.3 is 5.11 Å². The summed E-state index contributed by atoms with van der Waals surface area (Å²) < 4.78 is 38.4. The molecule has 1 atom stereocenters. The van der Waals surface area contributed by atoms with Crippen LogP contribution in [0.4, 0.5) is 4.39 Å². The van der Waals surface area contributed by atoms with Gasteiger partial charge in [0.15, 0.2) is 0 Å². The van der Waals surface area contributed by atoms with Crippen LogP contribution in [0.15, 0.2) is 24.3 Å². The number of sulfonamides is 1. The number of halogens is 1. The first-order valence-electron chi connectivity index (χ1n) is 5.87. The molecule has 1 aliphatic heterocycles. The average Bonchev–Trinajstić information content (AvgIpc) is 2.77. The van der Waals surface area contributed by atoms with E-state index in [0.29, 0.717) is 18.4 Å². The number of hydrogen-bond donors (Lipinski definition) is 1. The van der Waals surface area contributed by atoms with Gasteiger partial charge in [0.2, 0.25) is 10.0 Å². The normalized spacial score (nSPS) is 20.6. The van der Waals surface area contributed by atoms with Gasteiger partial charge in [0.25, 0.3) is 0 Å². The first-order valence-corrected chi connectivity index (χ1v) is 7.48. The third-order valence-corrected chi connectivity index (χ3v) is 4.93. The number of benzene rings is 1. The van der Waals surface area contributed by atoms with Crippen molar-refractivity contribution in [2.45, 2.75) is 24.6 Å². The van der Waals surface area contributed by atoms with E-state index >= 15 is 0 Å². The third-order valence-electron chi connectivity index (χ3n) is 3.08. The first-order chi connectivity index (χ1) is 8.90. The Hall–Kier alpha value is -1.47. The maximum absolute atomic E-state index is 13.0. The molecule has 7 heteroatoms. The van der Waals surface area contributed by atoms with E-state index in [-0.39, 0.29) is 12.3 Å². The molecular weight excluding hydrogens is 273 g/mol. The molecule has 0 unspecified atom stereocenters. The monoisotopic (exact) mass is 287 g/mol. The number of nitrogens with zero attached hydrogens (tertiary/aromatic N) is 1. The molecule has 1 N–H and O–H groups in total. The van der Waals surface area contributed by atoms with Gasteiger partial charge in [-0.1, -0.05) is 12.1 Å². The van der Waals surface area contributed by atoms with E-state index in [2.05, 4.69) is 0 Å². The van der Waals surface area contributed by atoms with Gasteiger partial charge in [-0.3, -0.25) is 4.79 Å². The van der Waals surface area contributed by atoms with Crippen LogP contribution in [0.1, 0.15) is 18.4 Å². The lowest BCUT2D eigenvalue weighted by Gasteiger charge is -2.20. The predicted molar refractivity (Wildman–Crippen MR) is 66.4 cm³/mol. The van der Waals surface area contributed by atoms with Crippen LogP contribution in [0.25, 0.3) is 0 Å². The molecule has 5 nitrogen and oxygen atoms in total. The quantitative estimate of drug-likeness (QED) is 0.903. The van der Waals surface area contributed by atoms with E-state index < -0.39 is 27.9 Å². The lowest BCUT2D eigenvalue weighted by atomic mass is 10.2. The summed E-state index contributed by atoms with van der Waals surface area (Å²) in [6, 6.07) is 4.30. The van der Waals surface area contributed by atoms with Crippen molar-refractivity contribution in [1.82, 2.24) is 4.31 Å². The van der Waals surface area contributed by atoms with Crippen molar-refractivity contribution in [3.05, 3.63) is 35.6 Å². The molecule has 0 radical (unpaired) electrons. The van der Waals surface area contributed by atoms with Gasteiger partial charge >= 0.3 is 5.97 Å². The number of aliphatic carboxylic acids is 1. The topological polar surface area (TPSA) is 74.7 Å². The molecule has 1 aliphatic rings. The number of carboxylic acids is 1. The minimum absolute atomic E-state index is 0.203. The summed E-state index contributed by atoms with van der Waals surface area (Å²) in [4.78, 5) is 11.0. The smallest absolute Gasteiger partial charge is 0.322 e. The second kappa shape index (κ2) is 5.26. The molecule has 1 aromatic rings. The van der Waals surface area contributed by atoms with E-state index in [1.165, 1.54) is 18.2 Å². The molecular formula is C12H14FNO4S. The Kier molecular flexibility index (Phi) is 3.86. The van der Waals surface area contributed by atoms with Crippen molar-refractivity contribution in [2.24, 2.45) is 0 Å². The van der Waals surface area contributed by atoms with Crippen LogP contribution in [0.5, 0.6) is 0 Å². The number of rotatable bonds is 4. The summed E-state index contributed by atoms with van der Waals surface area (Å²) in [5, 5.41) is 8.99. The van der Waals surface area contributed by atoms with E-state index in [4.69, 9.17) is 5.11 Å². The second-order valence-electron chi connectivity index (χ2n) is 4.49. The van der Waals surface area contributed by atoms with E-state index in [9.17, 15) is 17.6 Å². The van der Waals surface area contributed by atoms with Crippen LogP contribution in [0.2, 0.25) is 0 Å². The van der Waals surface area contributed by atoms with Crippen LogP contribution in [-0.4, -0.2) is 36.4 Å². The highest BCUT2D eigenvalue weighted by Gasteiger charge is 2.38. The Bertz CT molecular complexity index is 587. The third kappa shape index (κ3) is 3.10. The van der Waals surface area contributed by atoms with E-state index in [0.717, 1.165) is 10.4 Å². The van der Waals surface area contributed by atoms with Gasteiger partial charge in [0.1, 0.15) is 11.9 Å². The van der Waals surface area contributed by atoms with Gasteiger partial charge in [0.05, 0.1) is 5.75 Å². The fraction of sp³-hybridized carbons (Fsp3) is 0.417. The van der Waals surface area contributed by atoms with E-state index in [1.54, 1.807) is 0 Å². The zero-order valence-corrected chi connectivity index (χ0v) is 10.9. The summed E-state index contributed by atoms with van der Waals surface area (Å²) in [5.74, 6) is -2.03. The summed E-state index contributed by atoms with van der Waals surface area (Å²) in [6.07, 6.45) is 0.844. The zero-order chi connectivity index (χ0) is 14.0. The molecule has 1 heterocycles. The Morgan fingerprint density at radius 1 is 1.47 bits per heavy atom. The lowest BCUT2D eigenvalue weighted by molar-refractivity contribution is -0.140. The predicted octanol–water partition coefficient (Wildman–Crippen LogP) is 1.20. The first kappa shape index (κ1) is 14.0. The largest absolute Gasteiger partial charge is 0.480 e. The van der Waals surface area contributed by atoms with Crippen LogP contribution in [0.3, 0.4) is 0 Å². The SMILES string of the molecule is O=C(O)[C@@H]1CCCN1S(=O)(=O)Cc1cccc(F)c1. The molecule has 0 aromatic heterocycles. The molecule has 1 aromatic carbocycles. The molecule has 19 heavy (non-hydrogen) atoms. The molecule has 0 spiro atoms. The number of hydrogen-bond acceptors (Lipinski definition) is 3. The second-order valence-corrected chi connectivity index (χ2v) is 6.41. The van der Waals surface area contributed by atoms with Gasteiger partial charge in [-0.25, -0.2) is 12.8 Å². The van der Waals surface area contributed by atoms with E-state index in [1.807, 2.05) is 0 Å². The molecule has 0 aliphatic carbocycles. The van der Waals surface area contributed by atoms with Crippen molar-refractivity contribution >= 4 is 16.0 Å². The van der Waals surface area contributed by atoms with Crippen LogP contribution in [-0.2, 0) is 20.6 Å².